The summed E-state index contributed by atoms with van der Waals surface area (Å²) in [5, 5.41) is 2.54. The van der Waals surface area contributed by atoms with Crippen LogP contribution in [0.5, 0.6) is 0 Å². The Morgan fingerprint density at radius 2 is 1.12 bits per heavy atom. The molecule has 2 heteroatoms. The average Bonchev–Trinajstić information content (AvgIpc) is 3.58. The van der Waals surface area contributed by atoms with Crippen molar-refractivity contribution in [2.24, 2.45) is 0 Å². The van der Waals surface area contributed by atoms with E-state index >= 15 is 0 Å². The molecule has 0 saturated carbocycles. The van der Waals surface area contributed by atoms with Crippen LogP contribution in [0, 0.1) is 0 Å². The van der Waals surface area contributed by atoms with Gasteiger partial charge in [-0.05, 0) is 45.5 Å². The number of hydrogen-bond donors (Lipinski definition) is 2. The van der Waals surface area contributed by atoms with Gasteiger partial charge in [-0.2, -0.15) is 0 Å². The molecule has 33 heavy (non-hydrogen) atoms. The van der Waals surface area contributed by atoms with Crippen LogP contribution in [0.1, 0.15) is 33.7 Å². The molecule has 0 bridgehead atoms. The second-order valence-electron chi connectivity index (χ2n) is 8.71. The van der Waals surface area contributed by atoms with Gasteiger partial charge >= 0.3 is 0 Å². The number of para-hydroxylation sites is 2. The Labute approximate surface area is 192 Å². The first-order valence-corrected chi connectivity index (χ1v) is 11.4. The van der Waals surface area contributed by atoms with E-state index in [9.17, 15) is 0 Å². The van der Waals surface area contributed by atoms with E-state index in [4.69, 9.17) is 0 Å². The van der Waals surface area contributed by atoms with Gasteiger partial charge in [-0.1, -0.05) is 91.0 Å². The van der Waals surface area contributed by atoms with Crippen molar-refractivity contribution >= 4 is 33.0 Å². The van der Waals surface area contributed by atoms with Crippen molar-refractivity contribution in [2.75, 3.05) is 0 Å². The fraction of sp³-hybridized carbons (Fsp3) is 0.0323. The van der Waals surface area contributed by atoms with Crippen molar-refractivity contribution in [2.45, 2.75) is 5.92 Å². The number of fused-ring (bicyclic) bond motifs is 3. The lowest BCUT2D eigenvalue weighted by Crippen LogP contribution is -2.00. The van der Waals surface area contributed by atoms with Gasteiger partial charge in [0.25, 0.3) is 0 Å². The molecule has 1 aliphatic carbocycles. The summed E-state index contributed by atoms with van der Waals surface area (Å²) in [4.78, 5) is 7.03. The number of rotatable bonds is 3. The minimum atomic E-state index is 0.156. The van der Waals surface area contributed by atoms with Crippen molar-refractivity contribution in [1.29, 1.82) is 0 Å². The van der Waals surface area contributed by atoms with E-state index in [-0.39, 0.29) is 5.92 Å². The van der Waals surface area contributed by atoms with Crippen molar-refractivity contribution in [3.8, 4) is 0 Å². The van der Waals surface area contributed by atoms with Crippen LogP contribution in [0.4, 0.5) is 0 Å². The molecule has 1 unspecified atom stereocenters. The first-order chi connectivity index (χ1) is 16.4. The lowest BCUT2D eigenvalue weighted by atomic mass is 9.84. The van der Waals surface area contributed by atoms with Gasteiger partial charge in [-0.25, -0.2) is 0 Å². The lowest BCUT2D eigenvalue weighted by Gasteiger charge is -2.18. The fourth-order valence-corrected chi connectivity index (χ4v) is 5.57. The van der Waals surface area contributed by atoms with Crippen LogP contribution in [-0.4, -0.2) is 9.97 Å². The second-order valence-corrected chi connectivity index (χ2v) is 8.71. The van der Waals surface area contributed by atoms with E-state index in [1.54, 1.807) is 0 Å². The fourth-order valence-electron chi connectivity index (χ4n) is 5.57. The molecule has 2 aromatic heterocycles. The molecule has 0 amide bonds. The maximum absolute atomic E-state index is 3.52. The van der Waals surface area contributed by atoms with E-state index in [1.165, 1.54) is 60.8 Å². The largest absolute Gasteiger partial charge is 0.361 e. The summed E-state index contributed by atoms with van der Waals surface area (Å²) in [5.74, 6) is 0.156. The Morgan fingerprint density at radius 3 is 1.97 bits per heavy atom. The average molecular weight is 423 g/mol. The molecular weight excluding hydrogens is 400 g/mol. The zero-order valence-corrected chi connectivity index (χ0v) is 18.0. The topological polar surface area (TPSA) is 31.6 Å². The highest BCUT2D eigenvalue weighted by molar-refractivity contribution is 6.12. The van der Waals surface area contributed by atoms with Gasteiger partial charge in [0.05, 0.1) is 0 Å². The van der Waals surface area contributed by atoms with E-state index in [0.717, 1.165) is 0 Å². The van der Waals surface area contributed by atoms with E-state index in [2.05, 4.69) is 125 Å². The van der Waals surface area contributed by atoms with Crippen LogP contribution in [-0.2, 0) is 0 Å². The van der Waals surface area contributed by atoms with Gasteiger partial charge in [0.1, 0.15) is 0 Å². The number of nitrogens with one attached hydrogen (secondary N) is 2. The Balaban J connectivity index is 1.61. The number of aromatic amines is 2. The molecule has 1 atom stereocenters. The Bertz CT molecular complexity index is 1660. The van der Waals surface area contributed by atoms with Gasteiger partial charge in [0.2, 0.25) is 0 Å². The quantitative estimate of drug-likeness (QED) is 0.292. The third-order valence-corrected chi connectivity index (χ3v) is 6.97. The van der Waals surface area contributed by atoms with Crippen molar-refractivity contribution in [3.05, 3.63) is 143 Å². The van der Waals surface area contributed by atoms with E-state index < -0.39 is 0 Å². The normalized spacial score (nSPS) is 15.5. The Morgan fingerprint density at radius 1 is 0.485 bits per heavy atom. The summed E-state index contributed by atoms with van der Waals surface area (Å²) in [7, 11) is 0. The summed E-state index contributed by atoms with van der Waals surface area (Å²) in [6, 6.07) is 37.0. The molecule has 0 spiro atoms. The minimum absolute atomic E-state index is 0.156. The lowest BCUT2D eigenvalue weighted by molar-refractivity contribution is 1.08. The Kier molecular flexibility index (Phi) is 3.94. The highest BCUT2D eigenvalue weighted by Gasteiger charge is 2.35. The summed E-state index contributed by atoms with van der Waals surface area (Å²) in [6.07, 6.45) is 4.38. The smallest absolute Gasteiger partial charge is 0.0460 e. The molecular formula is C31H22N2. The number of hydrogen-bond acceptors (Lipinski definition) is 0. The van der Waals surface area contributed by atoms with Gasteiger partial charge in [0, 0.05) is 45.7 Å². The zero-order chi connectivity index (χ0) is 21.8. The van der Waals surface area contributed by atoms with Gasteiger partial charge in [0.15, 0.2) is 0 Å². The SMILES string of the molecule is c1ccc(C2=C(c3c[nH]c4ccccc34)c3ccccc3C2c2c[nH]c3ccccc23)cc1. The summed E-state index contributed by atoms with van der Waals surface area (Å²) in [5.41, 5.74) is 11.6. The zero-order valence-electron chi connectivity index (χ0n) is 18.0. The molecule has 0 aliphatic heterocycles. The minimum Gasteiger partial charge on any atom is -0.361 e. The monoisotopic (exact) mass is 422 g/mol. The van der Waals surface area contributed by atoms with Crippen molar-refractivity contribution in [1.82, 2.24) is 9.97 Å². The maximum Gasteiger partial charge on any atom is 0.0460 e. The third kappa shape index (κ3) is 2.68. The summed E-state index contributed by atoms with van der Waals surface area (Å²) in [6.45, 7) is 0. The third-order valence-electron chi connectivity index (χ3n) is 6.97. The highest BCUT2D eigenvalue weighted by Crippen LogP contribution is 2.54. The highest BCUT2D eigenvalue weighted by atomic mass is 14.7. The van der Waals surface area contributed by atoms with Gasteiger partial charge < -0.3 is 9.97 Å². The van der Waals surface area contributed by atoms with Crippen LogP contribution in [0.25, 0.3) is 33.0 Å². The molecule has 156 valence electrons. The Hall–Kier alpha value is -4.30. The predicted molar refractivity (Wildman–Crippen MR) is 137 cm³/mol. The van der Waals surface area contributed by atoms with Crippen LogP contribution >= 0.6 is 0 Å². The second kappa shape index (κ2) is 7.11. The first kappa shape index (κ1) is 18.3. The van der Waals surface area contributed by atoms with E-state index in [1.807, 2.05) is 0 Å². The van der Waals surface area contributed by atoms with Crippen molar-refractivity contribution < 1.29 is 0 Å². The molecule has 2 heterocycles. The molecule has 7 rings (SSSR count). The molecule has 0 saturated heterocycles. The standard InChI is InChI=1S/C31H22N2/c1-2-10-20(11-3-1)29-30(25-18-32-27-16-8-6-12-21(25)27)23-14-4-5-15-24(23)31(29)26-19-33-28-17-9-7-13-22(26)28/h1-19,30,32-33H. The number of aromatic nitrogens is 2. The molecule has 0 fully saturated rings. The van der Waals surface area contributed by atoms with Crippen LogP contribution in [0.3, 0.4) is 0 Å². The molecule has 2 N–H and O–H groups in total. The molecule has 4 aromatic carbocycles. The maximum atomic E-state index is 3.52. The number of allylic oxidation sites excluding steroid dienone is 1. The van der Waals surface area contributed by atoms with Gasteiger partial charge in [-0.3, -0.25) is 0 Å². The molecule has 1 aliphatic rings. The summed E-state index contributed by atoms with van der Waals surface area (Å²) >= 11 is 0. The predicted octanol–water partition coefficient (Wildman–Crippen LogP) is 7.75. The molecule has 0 radical (unpaired) electrons. The van der Waals surface area contributed by atoms with Gasteiger partial charge in [-0.15, -0.1) is 0 Å². The van der Waals surface area contributed by atoms with Crippen LogP contribution in [0.15, 0.2) is 116 Å². The van der Waals surface area contributed by atoms with Crippen molar-refractivity contribution in [3.63, 3.8) is 0 Å². The van der Waals surface area contributed by atoms with Crippen LogP contribution in [0.2, 0.25) is 0 Å². The molecule has 2 nitrogen and oxygen atoms in total. The molecule has 6 aromatic rings. The first-order valence-electron chi connectivity index (χ1n) is 11.4. The summed E-state index contributed by atoms with van der Waals surface area (Å²) < 4.78 is 0. The van der Waals surface area contributed by atoms with E-state index in [0.29, 0.717) is 0 Å². The number of benzene rings is 4. The number of H-pyrrole nitrogens is 2. The van der Waals surface area contributed by atoms with Crippen LogP contribution < -0.4 is 0 Å².